The van der Waals surface area contributed by atoms with E-state index in [-0.39, 0.29) is 43.1 Å². The number of nitro groups is 1. The Kier molecular flexibility index (Phi) is 8.65. The van der Waals surface area contributed by atoms with Gasteiger partial charge in [-0.25, -0.2) is 4.79 Å². The van der Waals surface area contributed by atoms with Gasteiger partial charge in [-0.1, -0.05) is 42.5 Å². The molecule has 0 aromatic heterocycles. The molecular formula is C27H29NO9. The van der Waals surface area contributed by atoms with Crippen LogP contribution in [0.15, 0.2) is 65.9 Å². The summed E-state index contributed by atoms with van der Waals surface area (Å²) in [5.74, 6) is -5.85. The Balaban J connectivity index is 2.49. The van der Waals surface area contributed by atoms with Crippen LogP contribution < -0.4 is 0 Å². The lowest BCUT2D eigenvalue weighted by Gasteiger charge is -2.45. The lowest BCUT2D eigenvalue weighted by atomic mass is 9.55. The van der Waals surface area contributed by atoms with Gasteiger partial charge in [-0.3, -0.25) is 19.7 Å². The van der Waals surface area contributed by atoms with Crippen molar-refractivity contribution >= 4 is 23.6 Å². The Bertz CT molecular complexity index is 1190. The molecule has 0 saturated heterocycles. The fraction of sp³-hybridized carbons (Fsp3) is 0.370. The van der Waals surface area contributed by atoms with E-state index in [1.807, 2.05) is 0 Å². The van der Waals surface area contributed by atoms with E-state index >= 15 is 0 Å². The second-order valence-corrected chi connectivity index (χ2v) is 8.34. The Morgan fingerprint density at radius 2 is 1.49 bits per heavy atom. The summed E-state index contributed by atoms with van der Waals surface area (Å²) >= 11 is 0. The van der Waals surface area contributed by atoms with Crippen LogP contribution in [0.3, 0.4) is 0 Å². The number of aliphatic hydroxyl groups excluding tert-OH is 1. The van der Waals surface area contributed by atoms with Gasteiger partial charge in [-0.2, -0.15) is 0 Å². The number of non-ortho nitro benzene ring substituents is 1. The molecule has 37 heavy (non-hydrogen) atoms. The van der Waals surface area contributed by atoms with E-state index in [4.69, 9.17) is 14.2 Å². The zero-order valence-electron chi connectivity index (χ0n) is 20.8. The van der Waals surface area contributed by atoms with Gasteiger partial charge in [0.1, 0.15) is 5.76 Å². The molecule has 0 bridgehead atoms. The third kappa shape index (κ3) is 5.04. The van der Waals surface area contributed by atoms with Crippen molar-refractivity contribution in [3.63, 3.8) is 0 Å². The number of ether oxygens (including phenoxy) is 3. The highest BCUT2D eigenvalue weighted by molar-refractivity contribution is 6.06. The molecule has 0 heterocycles. The summed E-state index contributed by atoms with van der Waals surface area (Å²) in [7, 11) is 0. The van der Waals surface area contributed by atoms with Crippen molar-refractivity contribution in [2.75, 3.05) is 19.8 Å². The number of hydrogen-bond donors (Lipinski definition) is 1. The number of nitro benzene ring substituents is 1. The van der Waals surface area contributed by atoms with Crippen LogP contribution in [-0.2, 0) is 28.6 Å². The Morgan fingerprint density at radius 1 is 0.919 bits per heavy atom. The molecule has 0 saturated carbocycles. The van der Waals surface area contributed by atoms with Gasteiger partial charge in [-0.15, -0.1) is 0 Å². The second-order valence-electron chi connectivity index (χ2n) is 8.34. The largest absolute Gasteiger partial charge is 0.512 e. The number of benzene rings is 2. The van der Waals surface area contributed by atoms with Crippen LogP contribution in [0.2, 0.25) is 0 Å². The van der Waals surface area contributed by atoms with Crippen molar-refractivity contribution < 1.29 is 38.6 Å². The van der Waals surface area contributed by atoms with Crippen molar-refractivity contribution in [1.29, 1.82) is 0 Å². The first-order valence-corrected chi connectivity index (χ1v) is 12.0. The average molecular weight is 512 g/mol. The van der Waals surface area contributed by atoms with Gasteiger partial charge in [0.2, 0.25) is 0 Å². The maximum absolute atomic E-state index is 13.9. The summed E-state index contributed by atoms with van der Waals surface area (Å²) in [6.45, 7) is 4.47. The quantitative estimate of drug-likeness (QED) is 0.171. The standard InChI is InChI=1S/C27H29NO9/c1-4-35-24(30)22-21(29)16-20(17-11-8-7-9-12-17)27(25(31)36-5-2,26(32)37-6-3)23(22)18-13-10-14-19(15-18)28(33)34/h7-15,20,23,29H,4-6,16H2,1-3H3. The Hall–Kier alpha value is -4.21. The molecule has 0 fully saturated rings. The molecule has 2 aromatic carbocycles. The minimum absolute atomic E-state index is 0.0504. The molecule has 3 rings (SSSR count). The fourth-order valence-corrected chi connectivity index (χ4v) is 4.92. The van der Waals surface area contributed by atoms with E-state index in [0.29, 0.717) is 5.56 Å². The van der Waals surface area contributed by atoms with Crippen molar-refractivity contribution in [3.05, 3.63) is 87.2 Å². The van der Waals surface area contributed by atoms with Gasteiger partial charge < -0.3 is 19.3 Å². The van der Waals surface area contributed by atoms with E-state index in [1.165, 1.54) is 18.2 Å². The molecule has 0 amide bonds. The number of rotatable bonds is 9. The van der Waals surface area contributed by atoms with Crippen LogP contribution in [0.4, 0.5) is 5.69 Å². The zero-order chi connectivity index (χ0) is 27.2. The van der Waals surface area contributed by atoms with Crippen LogP contribution in [0.1, 0.15) is 50.2 Å². The molecule has 10 heteroatoms. The summed E-state index contributed by atoms with van der Waals surface area (Å²) in [5.41, 5.74) is -2.31. The summed E-state index contributed by atoms with van der Waals surface area (Å²) in [6.07, 6.45) is -0.277. The molecule has 2 atom stereocenters. The van der Waals surface area contributed by atoms with Crippen LogP contribution in [-0.4, -0.2) is 47.8 Å². The van der Waals surface area contributed by atoms with Crippen LogP contribution in [0, 0.1) is 15.5 Å². The third-order valence-corrected chi connectivity index (χ3v) is 6.34. The normalized spacial score (nSPS) is 18.6. The van der Waals surface area contributed by atoms with Gasteiger partial charge in [0.05, 0.1) is 30.3 Å². The van der Waals surface area contributed by atoms with E-state index < -0.39 is 45.8 Å². The first-order valence-electron chi connectivity index (χ1n) is 12.0. The van der Waals surface area contributed by atoms with Crippen LogP contribution >= 0.6 is 0 Å². The molecule has 1 aliphatic carbocycles. The van der Waals surface area contributed by atoms with Crippen LogP contribution in [0.25, 0.3) is 0 Å². The average Bonchev–Trinajstić information content (AvgIpc) is 2.88. The molecule has 196 valence electrons. The smallest absolute Gasteiger partial charge is 0.338 e. The van der Waals surface area contributed by atoms with Gasteiger partial charge in [0.15, 0.2) is 5.41 Å². The molecule has 0 aliphatic heterocycles. The number of hydrogen-bond acceptors (Lipinski definition) is 9. The summed E-state index contributed by atoms with van der Waals surface area (Å²) in [4.78, 5) is 52.1. The van der Waals surface area contributed by atoms with Crippen molar-refractivity contribution in [2.45, 2.75) is 39.0 Å². The predicted octanol–water partition coefficient (Wildman–Crippen LogP) is 4.35. The second kappa shape index (κ2) is 11.7. The summed E-state index contributed by atoms with van der Waals surface area (Å²) < 4.78 is 16.1. The highest BCUT2D eigenvalue weighted by atomic mass is 16.6. The third-order valence-electron chi connectivity index (χ3n) is 6.34. The number of nitrogens with zero attached hydrogens (tertiary/aromatic N) is 1. The van der Waals surface area contributed by atoms with Gasteiger partial charge in [0.25, 0.3) is 5.69 Å². The highest BCUT2D eigenvalue weighted by Gasteiger charge is 2.65. The van der Waals surface area contributed by atoms with Gasteiger partial charge in [-0.05, 0) is 31.9 Å². The molecule has 1 N–H and O–H groups in total. The predicted molar refractivity (Wildman–Crippen MR) is 132 cm³/mol. The van der Waals surface area contributed by atoms with E-state index in [9.17, 15) is 29.6 Å². The van der Waals surface area contributed by atoms with Gasteiger partial charge >= 0.3 is 17.9 Å². The topological polar surface area (TPSA) is 142 Å². The molecule has 1 aliphatic rings. The Morgan fingerprint density at radius 3 is 2.03 bits per heavy atom. The number of aliphatic hydroxyl groups is 1. The molecular weight excluding hydrogens is 482 g/mol. The maximum atomic E-state index is 13.9. The zero-order valence-corrected chi connectivity index (χ0v) is 20.8. The maximum Gasteiger partial charge on any atom is 0.338 e. The number of esters is 3. The fourth-order valence-electron chi connectivity index (χ4n) is 4.92. The first kappa shape index (κ1) is 27.4. The van der Waals surface area contributed by atoms with Crippen molar-refractivity contribution in [3.8, 4) is 0 Å². The lowest BCUT2D eigenvalue weighted by molar-refractivity contribution is -0.384. The SMILES string of the molecule is CCOC(=O)C1=C(O)CC(c2ccccc2)C(C(=O)OCC)(C(=O)OCC)C1c1cccc([N+](=O)[O-])c1. The lowest BCUT2D eigenvalue weighted by Crippen LogP contribution is -2.54. The molecule has 2 unspecified atom stereocenters. The molecule has 0 radical (unpaired) electrons. The molecule has 2 aromatic rings. The van der Waals surface area contributed by atoms with Crippen LogP contribution in [0.5, 0.6) is 0 Å². The van der Waals surface area contributed by atoms with Gasteiger partial charge in [0, 0.05) is 30.4 Å². The number of carbonyl (C=O) groups is 3. The number of carbonyl (C=O) groups excluding carboxylic acids is 3. The molecule has 0 spiro atoms. The summed E-state index contributed by atoms with van der Waals surface area (Å²) in [5, 5.41) is 22.8. The van der Waals surface area contributed by atoms with E-state index in [0.717, 1.165) is 6.07 Å². The van der Waals surface area contributed by atoms with Crippen molar-refractivity contribution in [1.82, 2.24) is 0 Å². The number of allylic oxidation sites excluding steroid dienone is 1. The summed E-state index contributed by atoms with van der Waals surface area (Å²) in [6, 6.07) is 13.8. The van der Waals surface area contributed by atoms with E-state index in [1.54, 1.807) is 51.1 Å². The highest BCUT2D eigenvalue weighted by Crippen LogP contribution is 2.58. The van der Waals surface area contributed by atoms with E-state index in [2.05, 4.69) is 0 Å². The Labute approximate surface area is 214 Å². The minimum Gasteiger partial charge on any atom is -0.512 e. The van der Waals surface area contributed by atoms with Crippen molar-refractivity contribution in [2.24, 2.45) is 5.41 Å². The minimum atomic E-state index is -2.21. The monoisotopic (exact) mass is 511 g/mol. The first-order chi connectivity index (χ1) is 17.7. The molecule has 10 nitrogen and oxygen atoms in total.